The molecule has 0 aliphatic rings. The van der Waals surface area contributed by atoms with Gasteiger partial charge < -0.3 is 10.4 Å². The van der Waals surface area contributed by atoms with Crippen LogP contribution in [0, 0.1) is 6.92 Å². The van der Waals surface area contributed by atoms with E-state index in [0.29, 0.717) is 10.6 Å². The first-order chi connectivity index (χ1) is 9.49. The van der Waals surface area contributed by atoms with Crippen molar-refractivity contribution in [1.29, 1.82) is 0 Å². The van der Waals surface area contributed by atoms with Crippen molar-refractivity contribution in [2.24, 2.45) is 0 Å². The number of carboxylic acids is 1. The Balaban J connectivity index is 2.35. The minimum atomic E-state index is -1.12. The molecule has 0 spiro atoms. The molecule has 2 N–H and O–H groups in total. The molecule has 20 heavy (non-hydrogen) atoms. The smallest absolute Gasteiger partial charge is 0.337 e. The molecule has 0 aliphatic heterocycles. The number of halogens is 1. The second-order valence-electron chi connectivity index (χ2n) is 4.26. The van der Waals surface area contributed by atoms with Crippen LogP contribution in [-0.2, 0) is 0 Å². The number of anilines is 1. The number of aryl methyl sites for hydroxylation is 1. The number of aromatic carboxylic acids is 1. The Labute approximate surface area is 121 Å². The molecule has 0 heterocycles. The van der Waals surface area contributed by atoms with Crippen molar-refractivity contribution < 1.29 is 14.7 Å². The van der Waals surface area contributed by atoms with Crippen LogP contribution in [0.4, 0.5) is 5.69 Å². The van der Waals surface area contributed by atoms with E-state index in [2.05, 4.69) is 5.32 Å². The molecule has 0 fully saturated rings. The number of rotatable bonds is 3. The fourth-order valence-corrected chi connectivity index (χ4v) is 2.00. The monoisotopic (exact) mass is 289 g/mol. The van der Waals surface area contributed by atoms with Crippen LogP contribution in [0.15, 0.2) is 42.5 Å². The van der Waals surface area contributed by atoms with E-state index in [9.17, 15) is 9.59 Å². The molecule has 0 radical (unpaired) electrons. The summed E-state index contributed by atoms with van der Waals surface area (Å²) in [6, 6.07) is 11.3. The lowest BCUT2D eigenvalue weighted by Gasteiger charge is -2.10. The maximum Gasteiger partial charge on any atom is 0.337 e. The van der Waals surface area contributed by atoms with E-state index < -0.39 is 5.97 Å². The van der Waals surface area contributed by atoms with Gasteiger partial charge in [0.25, 0.3) is 5.91 Å². The molecule has 0 aliphatic carbocycles. The van der Waals surface area contributed by atoms with Gasteiger partial charge in [-0.1, -0.05) is 29.8 Å². The molecular formula is C15H12ClNO3. The molecule has 2 aromatic rings. The van der Waals surface area contributed by atoms with Gasteiger partial charge in [0, 0.05) is 10.6 Å². The Morgan fingerprint density at radius 2 is 1.80 bits per heavy atom. The SMILES string of the molecule is Cc1ccccc1C(=O)Nc1cc(Cl)ccc1C(=O)O. The van der Waals surface area contributed by atoms with Crippen molar-refractivity contribution in [3.8, 4) is 0 Å². The highest BCUT2D eigenvalue weighted by atomic mass is 35.5. The average molecular weight is 290 g/mol. The molecule has 4 nitrogen and oxygen atoms in total. The van der Waals surface area contributed by atoms with Gasteiger partial charge in [-0.05, 0) is 36.8 Å². The lowest BCUT2D eigenvalue weighted by Crippen LogP contribution is -2.15. The van der Waals surface area contributed by atoms with E-state index in [-0.39, 0.29) is 17.2 Å². The lowest BCUT2D eigenvalue weighted by atomic mass is 10.1. The Bertz CT molecular complexity index is 683. The first-order valence-corrected chi connectivity index (χ1v) is 6.26. The summed E-state index contributed by atoms with van der Waals surface area (Å²) in [4.78, 5) is 23.3. The highest BCUT2D eigenvalue weighted by molar-refractivity contribution is 6.31. The summed E-state index contributed by atoms with van der Waals surface area (Å²) in [5.41, 5.74) is 1.47. The van der Waals surface area contributed by atoms with E-state index in [0.717, 1.165) is 5.56 Å². The fraction of sp³-hybridized carbons (Fsp3) is 0.0667. The molecule has 5 heteroatoms. The number of carbonyl (C=O) groups is 2. The second kappa shape index (κ2) is 5.75. The van der Waals surface area contributed by atoms with Crippen molar-refractivity contribution in [1.82, 2.24) is 0 Å². The van der Waals surface area contributed by atoms with Gasteiger partial charge in [0.2, 0.25) is 0 Å². The van der Waals surface area contributed by atoms with Crippen LogP contribution >= 0.6 is 11.6 Å². The van der Waals surface area contributed by atoms with E-state index in [4.69, 9.17) is 16.7 Å². The summed E-state index contributed by atoms with van der Waals surface area (Å²) >= 11 is 5.84. The van der Waals surface area contributed by atoms with Crippen LogP contribution in [0.25, 0.3) is 0 Å². The van der Waals surface area contributed by atoms with Crippen molar-refractivity contribution in [3.05, 3.63) is 64.2 Å². The summed E-state index contributed by atoms with van der Waals surface area (Å²) < 4.78 is 0. The zero-order chi connectivity index (χ0) is 14.7. The summed E-state index contributed by atoms with van der Waals surface area (Å²) in [5.74, 6) is -1.49. The van der Waals surface area contributed by atoms with Crippen LogP contribution in [0.5, 0.6) is 0 Å². The lowest BCUT2D eigenvalue weighted by molar-refractivity contribution is 0.0698. The molecule has 0 aromatic heterocycles. The molecule has 0 unspecified atom stereocenters. The van der Waals surface area contributed by atoms with E-state index in [1.165, 1.54) is 18.2 Å². The van der Waals surface area contributed by atoms with E-state index >= 15 is 0 Å². The summed E-state index contributed by atoms with van der Waals surface area (Å²) in [5, 5.41) is 12.0. The third-order valence-corrected chi connectivity index (χ3v) is 3.09. The van der Waals surface area contributed by atoms with E-state index in [1.54, 1.807) is 12.1 Å². The molecule has 0 atom stereocenters. The molecule has 102 valence electrons. The fourth-order valence-electron chi connectivity index (χ4n) is 1.82. The summed E-state index contributed by atoms with van der Waals surface area (Å²) in [7, 11) is 0. The molecule has 2 rings (SSSR count). The predicted octanol–water partition coefficient (Wildman–Crippen LogP) is 3.60. The second-order valence-corrected chi connectivity index (χ2v) is 4.70. The van der Waals surface area contributed by atoms with Crippen molar-refractivity contribution >= 4 is 29.2 Å². The number of carboxylic acid groups (broad SMARTS) is 1. The van der Waals surface area contributed by atoms with Gasteiger partial charge in [0.1, 0.15) is 0 Å². The third-order valence-electron chi connectivity index (χ3n) is 2.85. The van der Waals surface area contributed by atoms with Crippen molar-refractivity contribution in [2.75, 3.05) is 5.32 Å². The number of carbonyl (C=O) groups excluding carboxylic acids is 1. The van der Waals surface area contributed by atoms with Gasteiger partial charge in [-0.2, -0.15) is 0 Å². The van der Waals surface area contributed by atoms with Crippen LogP contribution in [-0.4, -0.2) is 17.0 Å². The third kappa shape index (κ3) is 2.97. The van der Waals surface area contributed by atoms with Gasteiger partial charge in [-0.3, -0.25) is 4.79 Å². The Kier molecular flexibility index (Phi) is 4.05. The Hall–Kier alpha value is -2.33. The zero-order valence-electron chi connectivity index (χ0n) is 10.7. The topological polar surface area (TPSA) is 66.4 Å². The normalized spacial score (nSPS) is 10.1. The zero-order valence-corrected chi connectivity index (χ0v) is 11.4. The minimum Gasteiger partial charge on any atom is -0.478 e. The van der Waals surface area contributed by atoms with Crippen molar-refractivity contribution in [2.45, 2.75) is 6.92 Å². The highest BCUT2D eigenvalue weighted by Gasteiger charge is 2.15. The van der Waals surface area contributed by atoms with Crippen LogP contribution in [0.2, 0.25) is 5.02 Å². The Morgan fingerprint density at radius 1 is 1.10 bits per heavy atom. The van der Waals surface area contributed by atoms with Gasteiger partial charge in [-0.15, -0.1) is 0 Å². The number of nitrogens with one attached hydrogen (secondary N) is 1. The summed E-state index contributed by atoms with van der Waals surface area (Å²) in [6.45, 7) is 1.81. The largest absolute Gasteiger partial charge is 0.478 e. The van der Waals surface area contributed by atoms with Crippen molar-refractivity contribution in [3.63, 3.8) is 0 Å². The molecule has 1 amide bonds. The maximum atomic E-state index is 12.2. The maximum absolute atomic E-state index is 12.2. The van der Waals surface area contributed by atoms with Crippen LogP contribution in [0.1, 0.15) is 26.3 Å². The number of hydrogen-bond acceptors (Lipinski definition) is 2. The quantitative estimate of drug-likeness (QED) is 0.907. The van der Waals surface area contributed by atoms with E-state index in [1.807, 2.05) is 19.1 Å². The molecule has 0 saturated heterocycles. The number of benzene rings is 2. The van der Waals surface area contributed by atoms with Crippen LogP contribution in [0.3, 0.4) is 0 Å². The standard InChI is InChI=1S/C15H12ClNO3/c1-9-4-2-3-5-11(9)14(18)17-13-8-10(16)6-7-12(13)15(19)20/h2-8H,1H3,(H,17,18)(H,19,20). The Morgan fingerprint density at radius 3 is 2.45 bits per heavy atom. The van der Waals surface area contributed by atoms with Gasteiger partial charge in [0.05, 0.1) is 11.3 Å². The molecular weight excluding hydrogens is 278 g/mol. The highest BCUT2D eigenvalue weighted by Crippen LogP contribution is 2.22. The number of hydrogen-bond donors (Lipinski definition) is 2. The number of amides is 1. The summed E-state index contributed by atoms with van der Waals surface area (Å²) in [6.07, 6.45) is 0. The van der Waals surface area contributed by atoms with Gasteiger partial charge in [0.15, 0.2) is 0 Å². The van der Waals surface area contributed by atoms with Gasteiger partial charge in [-0.25, -0.2) is 4.79 Å². The first kappa shape index (κ1) is 14.1. The molecule has 2 aromatic carbocycles. The van der Waals surface area contributed by atoms with Crippen LogP contribution < -0.4 is 5.32 Å². The predicted molar refractivity (Wildman–Crippen MR) is 77.5 cm³/mol. The minimum absolute atomic E-state index is 0.00339. The van der Waals surface area contributed by atoms with Gasteiger partial charge >= 0.3 is 5.97 Å². The first-order valence-electron chi connectivity index (χ1n) is 5.89. The molecule has 0 bridgehead atoms. The average Bonchev–Trinajstić information content (AvgIpc) is 2.38. The molecule has 0 saturated carbocycles.